The predicted octanol–water partition coefficient (Wildman–Crippen LogP) is 3.20. The number of hydrogen-bond acceptors (Lipinski definition) is 4. The highest BCUT2D eigenvalue weighted by Gasteiger charge is 2.20. The van der Waals surface area contributed by atoms with E-state index in [9.17, 15) is 8.42 Å². The summed E-state index contributed by atoms with van der Waals surface area (Å²) in [7, 11) is -3.60. The van der Waals surface area contributed by atoms with Crippen molar-refractivity contribution in [1.82, 2.24) is 9.62 Å². The van der Waals surface area contributed by atoms with E-state index in [1.807, 2.05) is 18.2 Å². The molecule has 1 saturated heterocycles. The van der Waals surface area contributed by atoms with Crippen LogP contribution in [0.4, 0.5) is 5.69 Å². The van der Waals surface area contributed by atoms with Gasteiger partial charge in [-0.25, -0.2) is 13.1 Å². The molecule has 0 aromatic heterocycles. The first-order valence-electron chi connectivity index (χ1n) is 8.43. The Kier molecular flexibility index (Phi) is 6.58. The molecule has 0 amide bonds. The third-order valence-corrected chi connectivity index (χ3v) is 6.83. The lowest BCUT2D eigenvalue weighted by atomic mass is 10.2. The summed E-state index contributed by atoms with van der Waals surface area (Å²) in [5, 5.41) is 0.211. The highest BCUT2D eigenvalue weighted by atomic mass is 79.9. The van der Waals surface area contributed by atoms with Crippen LogP contribution in [0.25, 0.3) is 0 Å². The van der Waals surface area contributed by atoms with Crippen molar-refractivity contribution in [2.75, 3.05) is 44.2 Å². The standard InChI is InChI=1S/C18H21BrClN3O2S/c19-15-6-7-18(17(20)14-15)26(24,25)21-8-9-22-10-12-23(13-11-22)16-4-2-1-3-5-16/h1-7,14,21H,8-13H2. The van der Waals surface area contributed by atoms with Gasteiger partial charge in [0.15, 0.2) is 0 Å². The lowest BCUT2D eigenvalue weighted by molar-refractivity contribution is 0.262. The number of halogens is 2. The van der Waals surface area contributed by atoms with Gasteiger partial charge < -0.3 is 4.90 Å². The van der Waals surface area contributed by atoms with Crippen molar-refractivity contribution in [1.29, 1.82) is 0 Å². The molecule has 1 aliphatic rings. The summed E-state index contributed by atoms with van der Waals surface area (Å²) in [6.07, 6.45) is 0. The van der Waals surface area contributed by atoms with Crippen LogP contribution >= 0.6 is 27.5 Å². The molecule has 0 radical (unpaired) electrons. The number of para-hydroxylation sites is 1. The highest BCUT2D eigenvalue weighted by Crippen LogP contribution is 2.25. The molecule has 1 heterocycles. The van der Waals surface area contributed by atoms with Crippen molar-refractivity contribution in [2.45, 2.75) is 4.90 Å². The fourth-order valence-electron chi connectivity index (χ4n) is 2.98. The van der Waals surface area contributed by atoms with Crippen LogP contribution in [0, 0.1) is 0 Å². The average Bonchev–Trinajstić information content (AvgIpc) is 2.62. The predicted molar refractivity (Wildman–Crippen MR) is 109 cm³/mol. The molecule has 140 valence electrons. The number of nitrogens with zero attached hydrogens (tertiary/aromatic N) is 2. The molecule has 0 atom stereocenters. The molecule has 1 fully saturated rings. The molecule has 5 nitrogen and oxygen atoms in total. The van der Waals surface area contributed by atoms with Gasteiger partial charge in [-0.15, -0.1) is 0 Å². The van der Waals surface area contributed by atoms with E-state index in [1.54, 1.807) is 12.1 Å². The number of piperazine rings is 1. The maximum Gasteiger partial charge on any atom is 0.242 e. The van der Waals surface area contributed by atoms with Gasteiger partial charge in [0.05, 0.1) is 5.02 Å². The Bertz CT molecular complexity index is 841. The van der Waals surface area contributed by atoms with Crippen LogP contribution < -0.4 is 9.62 Å². The molecule has 2 aromatic rings. The van der Waals surface area contributed by atoms with E-state index in [2.05, 4.69) is 42.6 Å². The van der Waals surface area contributed by atoms with Crippen molar-refractivity contribution >= 4 is 43.2 Å². The summed E-state index contributed by atoms with van der Waals surface area (Å²) < 4.78 is 28.2. The van der Waals surface area contributed by atoms with Gasteiger partial charge in [0.2, 0.25) is 10.0 Å². The minimum Gasteiger partial charge on any atom is -0.369 e. The number of rotatable bonds is 6. The molecule has 26 heavy (non-hydrogen) atoms. The van der Waals surface area contributed by atoms with Gasteiger partial charge in [0.1, 0.15) is 4.90 Å². The van der Waals surface area contributed by atoms with Gasteiger partial charge in [0, 0.05) is 49.4 Å². The normalized spacial score (nSPS) is 16.0. The Morgan fingerprint density at radius 1 is 1.04 bits per heavy atom. The minimum atomic E-state index is -3.60. The van der Waals surface area contributed by atoms with Crippen LogP contribution in [-0.4, -0.2) is 52.6 Å². The molecule has 1 aliphatic heterocycles. The van der Waals surface area contributed by atoms with Crippen molar-refractivity contribution in [3.8, 4) is 0 Å². The molecule has 3 rings (SSSR count). The van der Waals surface area contributed by atoms with Crippen LogP contribution in [0.1, 0.15) is 0 Å². The van der Waals surface area contributed by atoms with E-state index in [4.69, 9.17) is 11.6 Å². The number of benzene rings is 2. The first-order chi connectivity index (χ1) is 12.5. The van der Waals surface area contributed by atoms with E-state index < -0.39 is 10.0 Å². The summed E-state index contributed by atoms with van der Waals surface area (Å²) >= 11 is 9.33. The molecule has 0 spiro atoms. The number of hydrogen-bond donors (Lipinski definition) is 1. The molecular formula is C18H21BrClN3O2S. The third kappa shape index (κ3) is 4.98. The fraction of sp³-hybridized carbons (Fsp3) is 0.333. The third-order valence-electron chi connectivity index (χ3n) is 4.40. The molecule has 2 aromatic carbocycles. The topological polar surface area (TPSA) is 52.7 Å². The van der Waals surface area contributed by atoms with Crippen LogP contribution in [0.2, 0.25) is 5.02 Å². The van der Waals surface area contributed by atoms with Crippen LogP contribution in [0.15, 0.2) is 57.9 Å². The zero-order chi connectivity index (χ0) is 18.6. The summed E-state index contributed by atoms with van der Waals surface area (Å²) in [6, 6.07) is 15.1. The van der Waals surface area contributed by atoms with E-state index in [0.717, 1.165) is 30.7 Å². The highest BCUT2D eigenvalue weighted by molar-refractivity contribution is 9.10. The maximum atomic E-state index is 12.4. The molecule has 0 aliphatic carbocycles. The van der Waals surface area contributed by atoms with Crippen molar-refractivity contribution in [2.24, 2.45) is 0 Å². The minimum absolute atomic E-state index is 0.108. The molecule has 1 N–H and O–H groups in total. The molecule has 8 heteroatoms. The lowest BCUT2D eigenvalue weighted by Crippen LogP contribution is -2.48. The average molecular weight is 459 g/mol. The number of nitrogens with one attached hydrogen (secondary N) is 1. The Morgan fingerprint density at radius 2 is 1.73 bits per heavy atom. The van der Waals surface area contributed by atoms with Crippen LogP contribution in [0.3, 0.4) is 0 Å². The van der Waals surface area contributed by atoms with Gasteiger partial charge >= 0.3 is 0 Å². The van der Waals surface area contributed by atoms with Crippen LogP contribution in [-0.2, 0) is 10.0 Å². The van der Waals surface area contributed by atoms with E-state index in [-0.39, 0.29) is 9.92 Å². The van der Waals surface area contributed by atoms with Gasteiger partial charge in [-0.3, -0.25) is 4.90 Å². The molecule has 0 saturated carbocycles. The van der Waals surface area contributed by atoms with Gasteiger partial charge in [-0.05, 0) is 30.3 Å². The van der Waals surface area contributed by atoms with E-state index in [1.165, 1.54) is 11.8 Å². The fourth-order valence-corrected chi connectivity index (χ4v) is 5.03. The number of anilines is 1. The molecular weight excluding hydrogens is 438 g/mol. The zero-order valence-electron chi connectivity index (χ0n) is 14.2. The summed E-state index contributed by atoms with van der Waals surface area (Å²) in [6.45, 7) is 4.74. The van der Waals surface area contributed by atoms with E-state index >= 15 is 0 Å². The van der Waals surface area contributed by atoms with Crippen molar-refractivity contribution < 1.29 is 8.42 Å². The maximum absolute atomic E-state index is 12.4. The Balaban J connectivity index is 1.48. The smallest absolute Gasteiger partial charge is 0.242 e. The molecule has 0 bridgehead atoms. The largest absolute Gasteiger partial charge is 0.369 e. The summed E-state index contributed by atoms with van der Waals surface area (Å²) in [5.74, 6) is 0. The Labute approximate surface area is 168 Å². The monoisotopic (exact) mass is 457 g/mol. The SMILES string of the molecule is O=S(=O)(NCCN1CCN(c2ccccc2)CC1)c1ccc(Br)cc1Cl. The summed E-state index contributed by atoms with van der Waals surface area (Å²) in [5.41, 5.74) is 1.23. The lowest BCUT2D eigenvalue weighted by Gasteiger charge is -2.36. The van der Waals surface area contributed by atoms with Crippen molar-refractivity contribution in [3.05, 3.63) is 58.0 Å². The van der Waals surface area contributed by atoms with Crippen LogP contribution in [0.5, 0.6) is 0 Å². The van der Waals surface area contributed by atoms with E-state index in [0.29, 0.717) is 13.1 Å². The summed E-state index contributed by atoms with van der Waals surface area (Å²) in [4.78, 5) is 4.73. The second kappa shape index (κ2) is 8.71. The van der Waals surface area contributed by atoms with Gasteiger partial charge in [-0.1, -0.05) is 45.7 Å². The second-order valence-corrected chi connectivity index (χ2v) is 9.20. The number of sulfonamides is 1. The first kappa shape index (κ1) is 19.6. The Morgan fingerprint density at radius 3 is 2.38 bits per heavy atom. The Hall–Kier alpha value is -1.12. The quantitative estimate of drug-likeness (QED) is 0.722. The second-order valence-electron chi connectivity index (χ2n) is 6.14. The zero-order valence-corrected chi connectivity index (χ0v) is 17.4. The first-order valence-corrected chi connectivity index (χ1v) is 11.1. The van der Waals surface area contributed by atoms with Crippen molar-refractivity contribution in [3.63, 3.8) is 0 Å². The van der Waals surface area contributed by atoms with Gasteiger partial charge in [0.25, 0.3) is 0 Å². The van der Waals surface area contributed by atoms with Gasteiger partial charge in [-0.2, -0.15) is 0 Å². The molecule has 0 unspecified atom stereocenters.